The maximum absolute atomic E-state index is 13.5. The molecule has 27 heavy (non-hydrogen) atoms. The van der Waals surface area contributed by atoms with Gasteiger partial charge < -0.3 is 5.32 Å². The average molecular weight is 515 g/mol. The number of benzene rings is 1. The number of rotatable bonds is 3. The maximum Gasteiger partial charge on any atom is 0.242 e. The van der Waals surface area contributed by atoms with Crippen molar-refractivity contribution >= 4 is 55.1 Å². The monoisotopic (exact) mass is 512 g/mol. The summed E-state index contributed by atoms with van der Waals surface area (Å²) in [7, 11) is 0. The van der Waals surface area contributed by atoms with Gasteiger partial charge in [0.2, 0.25) is 11.2 Å². The summed E-state index contributed by atoms with van der Waals surface area (Å²) in [6.07, 6.45) is 7.85. The molecule has 4 aliphatic carbocycles. The fraction of sp³-hybridized carbons (Fsp3) is 0.526. The second kappa shape index (κ2) is 6.29. The van der Waals surface area contributed by atoms with E-state index in [0.29, 0.717) is 11.8 Å². The van der Waals surface area contributed by atoms with E-state index in [-0.39, 0.29) is 22.1 Å². The highest BCUT2D eigenvalue weighted by Crippen LogP contribution is 2.64. The number of anilines is 1. The van der Waals surface area contributed by atoms with Gasteiger partial charge in [-0.25, -0.2) is 9.67 Å². The molecule has 6 rings (SSSR count). The van der Waals surface area contributed by atoms with Crippen LogP contribution in [0.3, 0.4) is 0 Å². The summed E-state index contributed by atoms with van der Waals surface area (Å²) in [5, 5.41) is 7.90. The van der Waals surface area contributed by atoms with Gasteiger partial charge in [-0.2, -0.15) is 0 Å². The molecule has 1 aromatic heterocycles. The molecule has 0 aliphatic heterocycles. The minimum Gasteiger partial charge on any atom is -0.325 e. The highest BCUT2D eigenvalue weighted by Gasteiger charge is 2.61. The van der Waals surface area contributed by atoms with Crippen LogP contribution >= 0.6 is 43.5 Å². The van der Waals surface area contributed by atoms with Crippen LogP contribution in [0.5, 0.6) is 0 Å². The van der Waals surface area contributed by atoms with Crippen LogP contribution in [0.1, 0.15) is 38.5 Å². The summed E-state index contributed by atoms with van der Waals surface area (Å²) in [4.78, 5) is 17.6. The van der Waals surface area contributed by atoms with Crippen molar-refractivity contribution in [2.75, 3.05) is 5.32 Å². The molecule has 0 radical (unpaired) electrons. The first-order valence-electron chi connectivity index (χ1n) is 9.22. The molecule has 1 N–H and O–H groups in total. The summed E-state index contributed by atoms with van der Waals surface area (Å²) in [6.45, 7) is 0. The van der Waals surface area contributed by atoms with E-state index in [9.17, 15) is 4.79 Å². The molecule has 4 aliphatic rings. The predicted molar refractivity (Wildman–Crippen MR) is 111 cm³/mol. The average Bonchev–Trinajstić information content (AvgIpc) is 3.03. The van der Waals surface area contributed by atoms with Crippen LogP contribution < -0.4 is 5.32 Å². The quantitative estimate of drug-likeness (QED) is 0.598. The number of carbonyl (C=O) groups is 1. The van der Waals surface area contributed by atoms with Gasteiger partial charge in [0.1, 0.15) is 6.33 Å². The molecule has 2 atom stereocenters. The first-order chi connectivity index (χ1) is 12.9. The molecule has 4 fully saturated rings. The number of nitrogens with one attached hydrogen (secondary N) is 1. The van der Waals surface area contributed by atoms with Crippen LogP contribution in [0, 0.1) is 17.3 Å². The van der Waals surface area contributed by atoms with E-state index >= 15 is 0 Å². The Bertz CT molecular complexity index is 916. The number of hydrogen-bond acceptors (Lipinski definition) is 3. The van der Waals surface area contributed by atoms with Gasteiger partial charge in [-0.05, 0) is 96.1 Å². The third-order valence-corrected chi connectivity index (χ3v) is 7.96. The fourth-order valence-corrected chi connectivity index (χ4v) is 7.34. The molecular weight excluding hydrogens is 495 g/mol. The summed E-state index contributed by atoms with van der Waals surface area (Å²) < 4.78 is 3.81. The molecule has 8 heteroatoms. The molecule has 5 nitrogen and oxygen atoms in total. The van der Waals surface area contributed by atoms with E-state index in [4.69, 9.17) is 11.6 Å². The Hall–Kier alpha value is -0.920. The van der Waals surface area contributed by atoms with Crippen molar-refractivity contribution in [2.24, 2.45) is 17.3 Å². The Morgan fingerprint density at radius 2 is 1.96 bits per heavy atom. The minimum atomic E-state index is -0.338. The lowest BCUT2D eigenvalue weighted by molar-refractivity contribution is -0.150. The van der Waals surface area contributed by atoms with Gasteiger partial charge in [0, 0.05) is 8.95 Å². The molecule has 1 aromatic carbocycles. The highest BCUT2D eigenvalue weighted by atomic mass is 79.9. The predicted octanol–water partition coefficient (Wildman–Crippen LogP) is 5.39. The van der Waals surface area contributed by atoms with Crippen LogP contribution in [0.15, 0.2) is 33.5 Å². The molecule has 0 saturated heterocycles. The molecule has 2 aromatic rings. The van der Waals surface area contributed by atoms with E-state index in [2.05, 4.69) is 47.3 Å². The number of hydrogen-bond donors (Lipinski definition) is 1. The third kappa shape index (κ3) is 2.97. The number of carbonyl (C=O) groups excluding carboxylic acids is 1. The SMILES string of the molecule is O=C(Nc1ccc(Br)cc1Br)C12C[C@H]3C[C@H](C1)CC(n1cnc(Cl)n1)(C3)C2. The van der Waals surface area contributed by atoms with Crippen molar-refractivity contribution in [1.82, 2.24) is 14.8 Å². The smallest absolute Gasteiger partial charge is 0.242 e. The molecule has 1 amide bonds. The maximum atomic E-state index is 13.5. The van der Waals surface area contributed by atoms with Crippen molar-refractivity contribution in [1.29, 1.82) is 0 Å². The van der Waals surface area contributed by atoms with Crippen molar-refractivity contribution in [3.63, 3.8) is 0 Å². The molecule has 0 spiro atoms. The number of nitrogens with zero attached hydrogens (tertiary/aromatic N) is 3. The molecule has 4 bridgehead atoms. The van der Waals surface area contributed by atoms with E-state index in [1.165, 1.54) is 6.42 Å². The Balaban J connectivity index is 1.47. The second-order valence-corrected chi connectivity index (χ2v) is 10.6. The summed E-state index contributed by atoms with van der Waals surface area (Å²) in [5.41, 5.74) is 0.352. The zero-order chi connectivity index (χ0) is 18.8. The molecule has 1 heterocycles. The van der Waals surface area contributed by atoms with E-state index in [1.807, 2.05) is 22.9 Å². The Labute approximate surface area is 179 Å². The van der Waals surface area contributed by atoms with Crippen LogP contribution in [0.4, 0.5) is 5.69 Å². The topological polar surface area (TPSA) is 59.8 Å². The lowest BCUT2D eigenvalue weighted by Crippen LogP contribution is -2.60. The first-order valence-corrected chi connectivity index (χ1v) is 11.2. The third-order valence-electron chi connectivity index (χ3n) is 6.64. The van der Waals surface area contributed by atoms with Crippen LogP contribution in [0.25, 0.3) is 0 Å². The van der Waals surface area contributed by atoms with Crippen molar-refractivity contribution in [3.05, 3.63) is 38.8 Å². The van der Waals surface area contributed by atoms with Crippen LogP contribution in [-0.2, 0) is 10.3 Å². The zero-order valence-corrected chi connectivity index (χ0v) is 18.5. The van der Waals surface area contributed by atoms with Crippen molar-refractivity contribution in [3.8, 4) is 0 Å². The van der Waals surface area contributed by atoms with Gasteiger partial charge in [0.15, 0.2) is 0 Å². The number of aromatic nitrogens is 3. The largest absolute Gasteiger partial charge is 0.325 e. The summed E-state index contributed by atoms with van der Waals surface area (Å²) in [6, 6.07) is 5.83. The van der Waals surface area contributed by atoms with Crippen LogP contribution in [0.2, 0.25) is 5.28 Å². The molecular formula is C19H19Br2ClN4O. The first kappa shape index (κ1) is 18.1. The van der Waals surface area contributed by atoms with Crippen LogP contribution in [-0.4, -0.2) is 20.7 Å². The Kier molecular flexibility index (Phi) is 4.22. The lowest BCUT2D eigenvalue weighted by Gasteiger charge is -2.60. The van der Waals surface area contributed by atoms with Gasteiger partial charge >= 0.3 is 0 Å². The highest BCUT2D eigenvalue weighted by molar-refractivity contribution is 9.11. The van der Waals surface area contributed by atoms with Gasteiger partial charge in [0.05, 0.1) is 16.6 Å². The van der Waals surface area contributed by atoms with E-state index < -0.39 is 0 Å². The molecule has 4 saturated carbocycles. The van der Waals surface area contributed by atoms with Gasteiger partial charge in [-0.15, -0.1) is 5.10 Å². The van der Waals surface area contributed by atoms with Crippen molar-refractivity contribution in [2.45, 2.75) is 44.1 Å². The fourth-order valence-electron chi connectivity index (χ4n) is 6.07. The molecule has 142 valence electrons. The summed E-state index contributed by atoms with van der Waals surface area (Å²) >= 11 is 13.0. The van der Waals surface area contributed by atoms with Crippen molar-refractivity contribution < 1.29 is 4.79 Å². The minimum absolute atomic E-state index is 0.126. The normalized spacial score (nSPS) is 34.0. The number of amides is 1. The summed E-state index contributed by atoms with van der Waals surface area (Å²) in [5.74, 6) is 1.26. The standard InChI is InChI=1S/C19H19Br2ClN4O/c20-13-1-2-15(14(21)4-13)24-16(27)18-5-11-3-12(6-18)8-19(7-11,9-18)26-10-23-17(22)25-26/h1-2,4,10-12H,3,5-9H2,(H,24,27)/t11-,12-,18?,19?/m1/s1. The van der Waals surface area contributed by atoms with Gasteiger partial charge in [0.25, 0.3) is 0 Å². The second-order valence-electron chi connectivity index (χ2n) is 8.50. The number of halogens is 3. The zero-order valence-electron chi connectivity index (χ0n) is 14.6. The van der Waals surface area contributed by atoms with E-state index in [0.717, 1.165) is 46.7 Å². The lowest BCUT2D eigenvalue weighted by atomic mass is 9.46. The molecule has 0 unspecified atom stereocenters. The van der Waals surface area contributed by atoms with E-state index in [1.54, 1.807) is 6.33 Å². The Morgan fingerprint density at radius 3 is 2.59 bits per heavy atom. The van der Waals surface area contributed by atoms with Gasteiger partial charge in [-0.3, -0.25) is 4.79 Å². The Morgan fingerprint density at radius 1 is 1.22 bits per heavy atom. The van der Waals surface area contributed by atoms with Gasteiger partial charge in [-0.1, -0.05) is 15.9 Å².